The molecule has 1 saturated carbocycles. The van der Waals surface area contributed by atoms with Gasteiger partial charge in [0, 0.05) is 17.7 Å². The van der Waals surface area contributed by atoms with Gasteiger partial charge in [0.15, 0.2) is 0 Å². The number of hydrogen-bond donors (Lipinski definition) is 1. The highest BCUT2D eigenvalue weighted by atomic mass is 16.5. The second kappa shape index (κ2) is 9.90. The number of carbonyl (C=O) groups excluding carboxylic acids is 1. The maximum Gasteiger partial charge on any atom is 0.258 e. The zero-order valence-electron chi connectivity index (χ0n) is 18.7. The second-order valence-corrected chi connectivity index (χ2v) is 8.23. The molecule has 0 bridgehead atoms. The number of aromatic amines is 1. The van der Waals surface area contributed by atoms with E-state index in [0.29, 0.717) is 29.2 Å². The van der Waals surface area contributed by atoms with Crippen LogP contribution in [0, 0.1) is 0 Å². The predicted molar refractivity (Wildman–Crippen MR) is 125 cm³/mol. The molecule has 0 spiro atoms. The summed E-state index contributed by atoms with van der Waals surface area (Å²) in [7, 11) is 1.60. The normalized spacial score (nSPS) is 14.3. The van der Waals surface area contributed by atoms with Crippen LogP contribution in [-0.2, 0) is 6.54 Å². The maximum absolute atomic E-state index is 13.7. The standard InChI is InChI=1S/C26H30N2O4/c1-3-32-24-12-8-7-11-22(24)26(30)28(20-9-5-4-6-10-20)17-19-15-18-13-14-21(31-2)16-23(18)27-25(19)29/h7-8,11-16,20H,3-6,9-10,17H2,1-2H3,(H,27,29). The molecule has 1 N–H and O–H groups in total. The van der Waals surface area contributed by atoms with E-state index in [-0.39, 0.29) is 24.1 Å². The summed E-state index contributed by atoms with van der Waals surface area (Å²) < 4.78 is 11.0. The van der Waals surface area contributed by atoms with E-state index in [2.05, 4.69) is 4.98 Å². The number of nitrogens with one attached hydrogen (secondary N) is 1. The number of nitrogens with zero attached hydrogens (tertiary/aromatic N) is 1. The van der Waals surface area contributed by atoms with Gasteiger partial charge in [-0.2, -0.15) is 0 Å². The Bertz CT molecular complexity index is 1150. The largest absolute Gasteiger partial charge is 0.497 e. The SMILES string of the molecule is CCOc1ccccc1C(=O)N(Cc1cc2ccc(OC)cc2[nH]c1=O)C1CCCCC1. The number of para-hydroxylation sites is 1. The van der Waals surface area contributed by atoms with Crippen molar-refractivity contribution in [1.29, 1.82) is 0 Å². The number of rotatable bonds is 7. The Balaban J connectivity index is 1.71. The van der Waals surface area contributed by atoms with Crippen molar-refractivity contribution in [2.24, 2.45) is 0 Å². The molecular weight excluding hydrogens is 404 g/mol. The summed E-state index contributed by atoms with van der Waals surface area (Å²) >= 11 is 0. The van der Waals surface area contributed by atoms with Crippen LogP contribution in [-0.4, -0.2) is 35.5 Å². The Morgan fingerprint density at radius 1 is 1.09 bits per heavy atom. The minimum atomic E-state index is -0.183. The molecule has 1 aromatic heterocycles. The van der Waals surface area contributed by atoms with Gasteiger partial charge >= 0.3 is 0 Å². The first kappa shape index (κ1) is 21.9. The van der Waals surface area contributed by atoms with Crippen molar-refractivity contribution in [3.63, 3.8) is 0 Å². The molecule has 4 rings (SSSR count). The van der Waals surface area contributed by atoms with Crippen LogP contribution in [0.25, 0.3) is 10.9 Å². The number of methoxy groups -OCH3 is 1. The molecule has 3 aromatic rings. The van der Waals surface area contributed by atoms with Crippen molar-refractivity contribution < 1.29 is 14.3 Å². The zero-order chi connectivity index (χ0) is 22.5. The highest BCUT2D eigenvalue weighted by Crippen LogP contribution is 2.28. The highest BCUT2D eigenvalue weighted by molar-refractivity contribution is 5.97. The fourth-order valence-corrected chi connectivity index (χ4v) is 4.49. The number of hydrogen-bond acceptors (Lipinski definition) is 4. The van der Waals surface area contributed by atoms with Crippen molar-refractivity contribution in [3.8, 4) is 11.5 Å². The van der Waals surface area contributed by atoms with Gasteiger partial charge < -0.3 is 19.4 Å². The Kier molecular flexibility index (Phi) is 6.78. The lowest BCUT2D eigenvalue weighted by atomic mass is 9.93. The van der Waals surface area contributed by atoms with E-state index < -0.39 is 0 Å². The summed E-state index contributed by atoms with van der Waals surface area (Å²) in [6, 6.07) is 14.9. The minimum Gasteiger partial charge on any atom is -0.497 e. The average molecular weight is 435 g/mol. The molecule has 0 atom stereocenters. The third kappa shape index (κ3) is 4.64. The third-order valence-electron chi connectivity index (χ3n) is 6.16. The van der Waals surface area contributed by atoms with Crippen LogP contribution in [0.5, 0.6) is 11.5 Å². The van der Waals surface area contributed by atoms with E-state index in [9.17, 15) is 9.59 Å². The van der Waals surface area contributed by atoms with Gasteiger partial charge in [0.25, 0.3) is 11.5 Å². The Labute approximate surface area is 188 Å². The van der Waals surface area contributed by atoms with Crippen molar-refractivity contribution in [2.75, 3.05) is 13.7 Å². The number of ether oxygens (including phenoxy) is 2. The van der Waals surface area contributed by atoms with E-state index in [1.165, 1.54) is 6.42 Å². The summed E-state index contributed by atoms with van der Waals surface area (Å²) in [5.41, 5.74) is 1.66. The molecule has 6 heteroatoms. The minimum absolute atomic E-state index is 0.0878. The molecule has 1 aliphatic rings. The van der Waals surface area contributed by atoms with Crippen LogP contribution in [0.2, 0.25) is 0 Å². The first-order valence-corrected chi connectivity index (χ1v) is 11.3. The van der Waals surface area contributed by atoms with Crippen LogP contribution in [0.4, 0.5) is 0 Å². The van der Waals surface area contributed by atoms with E-state index >= 15 is 0 Å². The quantitative estimate of drug-likeness (QED) is 0.574. The summed E-state index contributed by atoms with van der Waals surface area (Å²) in [4.78, 5) is 31.5. The van der Waals surface area contributed by atoms with E-state index in [4.69, 9.17) is 9.47 Å². The van der Waals surface area contributed by atoms with E-state index in [1.54, 1.807) is 13.2 Å². The van der Waals surface area contributed by atoms with Crippen LogP contribution in [0.15, 0.2) is 53.3 Å². The average Bonchev–Trinajstić information content (AvgIpc) is 2.83. The monoisotopic (exact) mass is 434 g/mol. The maximum atomic E-state index is 13.7. The Hall–Kier alpha value is -3.28. The Morgan fingerprint density at radius 3 is 2.62 bits per heavy atom. The molecule has 0 unspecified atom stereocenters. The lowest BCUT2D eigenvalue weighted by Crippen LogP contribution is -2.42. The van der Waals surface area contributed by atoms with Gasteiger partial charge in [0.2, 0.25) is 0 Å². The molecule has 32 heavy (non-hydrogen) atoms. The third-order valence-corrected chi connectivity index (χ3v) is 6.16. The molecule has 1 heterocycles. The topological polar surface area (TPSA) is 71.6 Å². The molecule has 0 saturated heterocycles. The van der Waals surface area contributed by atoms with Gasteiger partial charge in [0.05, 0.1) is 31.3 Å². The summed E-state index contributed by atoms with van der Waals surface area (Å²) in [6.07, 6.45) is 5.27. The Morgan fingerprint density at radius 2 is 1.88 bits per heavy atom. The molecule has 0 aliphatic heterocycles. The van der Waals surface area contributed by atoms with Gasteiger partial charge in [-0.1, -0.05) is 31.4 Å². The molecule has 168 valence electrons. The van der Waals surface area contributed by atoms with Crippen molar-refractivity contribution >= 4 is 16.8 Å². The van der Waals surface area contributed by atoms with Gasteiger partial charge in [-0.05, 0) is 55.5 Å². The van der Waals surface area contributed by atoms with Crippen molar-refractivity contribution in [3.05, 3.63) is 70.0 Å². The number of amides is 1. The lowest BCUT2D eigenvalue weighted by molar-refractivity contribution is 0.0609. The first-order valence-electron chi connectivity index (χ1n) is 11.3. The van der Waals surface area contributed by atoms with Gasteiger partial charge in [-0.25, -0.2) is 0 Å². The smallest absolute Gasteiger partial charge is 0.258 e. The summed E-state index contributed by atoms with van der Waals surface area (Å²) in [5.74, 6) is 1.18. The fourth-order valence-electron chi connectivity index (χ4n) is 4.49. The second-order valence-electron chi connectivity index (χ2n) is 8.23. The molecule has 2 aromatic carbocycles. The number of carbonyl (C=O) groups is 1. The van der Waals surface area contributed by atoms with Crippen LogP contribution in [0.1, 0.15) is 54.9 Å². The first-order chi connectivity index (χ1) is 15.6. The van der Waals surface area contributed by atoms with Crippen LogP contribution >= 0.6 is 0 Å². The number of H-pyrrole nitrogens is 1. The molecule has 6 nitrogen and oxygen atoms in total. The van der Waals surface area contributed by atoms with Gasteiger partial charge in [0.1, 0.15) is 11.5 Å². The van der Waals surface area contributed by atoms with E-state index in [1.807, 2.05) is 54.3 Å². The molecule has 1 aliphatic carbocycles. The molecule has 0 radical (unpaired) electrons. The van der Waals surface area contributed by atoms with Crippen molar-refractivity contribution in [1.82, 2.24) is 9.88 Å². The van der Waals surface area contributed by atoms with E-state index in [0.717, 1.165) is 36.6 Å². The lowest BCUT2D eigenvalue weighted by Gasteiger charge is -2.34. The van der Waals surface area contributed by atoms with Crippen LogP contribution < -0.4 is 15.0 Å². The fraction of sp³-hybridized carbons (Fsp3) is 0.385. The number of aromatic nitrogens is 1. The molecule has 1 amide bonds. The van der Waals surface area contributed by atoms with Gasteiger partial charge in [-0.3, -0.25) is 9.59 Å². The highest BCUT2D eigenvalue weighted by Gasteiger charge is 2.29. The number of fused-ring (bicyclic) bond motifs is 1. The summed E-state index contributed by atoms with van der Waals surface area (Å²) in [5, 5.41) is 0.908. The molecule has 1 fully saturated rings. The summed E-state index contributed by atoms with van der Waals surface area (Å²) in [6.45, 7) is 2.66. The zero-order valence-corrected chi connectivity index (χ0v) is 18.7. The van der Waals surface area contributed by atoms with Crippen molar-refractivity contribution in [2.45, 2.75) is 51.6 Å². The number of pyridine rings is 1. The van der Waals surface area contributed by atoms with Gasteiger partial charge in [-0.15, -0.1) is 0 Å². The predicted octanol–water partition coefficient (Wildman–Crippen LogP) is 4.91. The number of benzene rings is 2. The molecular formula is C26H30N2O4. The van der Waals surface area contributed by atoms with Crippen LogP contribution in [0.3, 0.4) is 0 Å².